The van der Waals surface area contributed by atoms with Crippen LogP contribution in [0.1, 0.15) is 13.8 Å². The van der Waals surface area contributed by atoms with Gasteiger partial charge in [-0.3, -0.25) is 0 Å². The zero-order chi connectivity index (χ0) is 8.85. The second-order valence-corrected chi connectivity index (χ2v) is 2.52. The number of rotatable bonds is 2. The number of halogens is 1. The Labute approximate surface area is 72.3 Å². The summed E-state index contributed by atoms with van der Waals surface area (Å²) < 4.78 is 0. The minimum atomic E-state index is 0.447. The maximum Gasteiger partial charge on any atom is 0.101 e. The first-order valence-electron chi connectivity index (χ1n) is 3.22. The summed E-state index contributed by atoms with van der Waals surface area (Å²) in [6, 6.07) is 1.98. The molecule has 1 nitrogen and oxygen atoms in total. The molecule has 0 N–H and O–H groups in total. The van der Waals surface area contributed by atoms with Crippen LogP contribution < -0.4 is 0 Å². The molecular weight excluding hydrogens is 158 g/mol. The van der Waals surface area contributed by atoms with E-state index in [9.17, 15) is 0 Å². The van der Waals surface area contributed by atoms with Gasteiger partial charge in [-0.25, -0.2) is 0 Å². The molecule has 0 radical (unpaired) electrons. The summed E-state index contributed by atoms with van der Waals surface area (Å²) in [5, 5.41) is 9.05. The Morgan fingerprint density at radius 2 is 2.18 bits per heavy atom. The molecule has 0 rings (SSSR count). The molecule has 0 saturated heterocycles. The Bertz CT molecular complexity index is 253. The van der Waals surface area contributed by atoms with Gasteiger partial charge in [-0.2, -0.15) is 5.26 Å². The van der Waals surface area contributed by atoms with Crippen LogP contribution >= 0.6 is 11.6 Å². The largest absolute Gasteiger partial charge is 0.192 e. The van der Waals surface area contributed by atoms with Crippen molar-refractivity contribution >= 4 is 11.6 Å². The fraction of sp³-hybridized carbons (Fsp3) is 0.222. The molecule has 0 unspecified atom stereocenters. The maximum atomic E-state index is 8.61. The van der Waals surface area contributed by atoms with E-state index in [2.05, 4.69) is 6.58 Å². The van der Waals surface area contributed by atoms with Crippen LogP contribution in [0, 0.1) is 11.3 Å². The quantitative estimate of drug-likeness (QED) is 0.458. The number of hydrogen-bond donors (Lipinski definition) is 0. The molecule has 58 valence electrons. The normalized spacial score (nSPS) is 12.5. The summed E-state index contributed by atoms with van der Waals surface area (Å²) >= 11 is 5.75. The lowest BCUT2D eigenvalue weighted by Gasteiger charge is -1.95. The smallest absolute Gasteiger partial charge is 0.101 e. The van der Waals surface area contributed by atoms with Crippen LogP contribution in [0.3, 0.4) is 0 Å². The maximum absolute atomic E-state index is 8.61. The summed E-state index contributed by atoms with van der Waals surface area (Å²) in [6.07, 6.45) is 3.46. The average molecular weight is 168 g/mol. The molecule has 0 amide bonds. The highest BCUT2D eigenvalue weighted by molar-refractivity contribution is 6.32. The summed E-state index contributed by atoms with van der Waals surface area (Å²) in [6.45, 7) is 7.23. The highest BCUT2D eigenvalue weighted by Gasteiger charge is 2.00. The Kier molecular flexibility index (Phi) is 4.33. The van der Waals surface area contributed by atoms with E-state index in [0.717, 1.165) is 0 Å². The van der Waals surface area contributed by atoms with E-state index >= 15 is 0 Å². The van der Waals surface area contributed by atoms with Gasteiger partial charge in [0.2, 0.25) is 0 Å². The molecule has 0 aromatic heterocycles. The third-order valence-corrected chi connectivity index (χ3v) is 1.41. The van der Waals surface area contributed by atoms with Crippen molar-refractivity contribution in [1.82, 2.24) is 0 Å². The zero-order valence-electron chi connectivity index (χ0n) is 6.69. The van der Waals surface area contributed by atoms with Gasteiger partial charge >= 0.3 is 0 Å². The predicted molar refractivity (Wildman–Crippen MR) is 48.1 cm³/mol. The minimum Gasteiger partial charge on any atom is -0.192 e. The van der Waals surface area contributed by atoms with Crippen LogP contribution in [-0.2, 0) is 0 Å². The van der Waals surface area contributed by atoms with Crippen molar-refractivity contribution in [3.63, 3.8) is 0 Å². The Hall–Kier alpha value is -1.000. The third-order valence-electron chi connectivity index (χ3n) is 1.09. The summed E-state index contributed by atoms with van der Waals surface area (Å²) in [5.41, 5.74) is 1.14. The lowest BCUT2D eigenvalue weighted by molar-refractivity contribution is 1.40. The van der Waals surface area contributed by atoms with Gasteiger partial charge in [0.25, 0.3) is 0 Å². The van der Waals surface area contributed by atoms with E-state index < -0.39 is 0 Å². The Balaban J connectivity index is 4.87. The Morgan fingerprint density at radius 1 is 1.64 bits per heavy atom. The minimum absolute atomic E-state index is 0.447. The number of allylic oxidation sites excluding steroid dienone is 5. The van der Waals surface area contributed by atoms with E-state index in [1.54, 1.807) is 19.1 Å². The lowest BCUT2D eigenvalue weighted by Crippen LogP contribution is -1.81. The van der Waals surface area contributed by atoms with Crippen LogP contribution in [-0.4, -0.2) is 0 Å². The number of hydrogen-bond acceptors (Lipinski definition) is 1. The molecule has 0 aromatic carbocycles. The third kappa shape index (κ3) is 3.06. The second-order valence-electron chi connectivity index (χ2n) is 2.12. The molecule has 0 fully saturated rings. The van der Waals surface area contributed by atoms with Crippen molar-refractivity contribution in [3.8, 4) is 6.07 Å². The zero-order valence-corrected chi connectivity index (χ0v) is 7.44. The number of nitriles is 1. The molecule has 11 heavy (non-hydrogen) atoms. The standard InChI is InChI=1S/C9H10ClN/c1-4-5-9(10)8(6-11)7(2)3/h4-5H,2H2,1,3H3/b5-4-,9-8+. The Morgan fingerprint density at radius 3 is 2.45 bits per heavy atom. The van der Waals surface area contributed by atoms with Gasteiger partial charge in [0, 0.05) is 0 Å². The first-order valence-corrected chi connectivity index (χ1v) is 3.59. The summed E-state index contributed by atoms with van der Waals surface area (Å²) in [5.74, 6) is 0. The van der Waals surface area contributed by atoms with Crippen molar-refractivity contribution in [2.45, 2.75) is 13.8 Å². The van der Waals surface area contributed by atoms with Crippen LogP contribution in [0.2, 0.25) is 0 Å². The van der Waals surface area contributed by atoms with Crippen LogP contribution in [0.15, 0.2) is 34.9 Å². The first kappa shape index (κ1) is 10.0. The molecule has 2 heteroatoms. The lowest BCUT2D eigenvalue weighted by atomic mass is 10.1. The van der Waals surface area contributed by atoms with Crippen LogP contribution in [0.5, 0.6) is 0 Å². The molecule has 0 aliphatic rings. The summed E-state index contributed by atoms with van der Waals surface area (Å²) in [7, 11) is 0. The monoisotopic (exact) mass is 167 g/mol. The SMILES string of the molecule is C=C(C)/C(C#N)=C(Cl)\C=C/C. The summed E-state index contributed by atoms with van der Waals surface area (Å²) in [4.78, 5) is 0. The average Bonchev–Trinajstić information content (AvgIpc) is 1.88. The molecule has 0 aliphatic heterocycles. The van der Waals surface area contributed by atoms with Gasteiger partial charge in [-0.1, -0.05) is 24.3 Å². The van der Waals surface area contributed by atoms with Crippen molar-refractivity contribution in [1.29, 1.82) is 5.26 Å². The van der Waals surface area contributed by atoms with Crippen molar-refractivity contribution in [2.75, 3.05) is 0 Å². The molecular formula is C9H10ClN. The molecule has 0 aliphatic carbocycles. The van der Waals surface area contributed by atoms with Crippen LogP contribution in [0.4, 0.5) is 0 Å². The van der Waals surface area contributed by atoms with Gasteiger partial charge in [0.1, 0.15) is 6.07 Å². The van der Waals surface area contributed by atoms with Crippen molar-refractivity contribution in [2.24, 2.45) is 0 Å². The highest BCUT2D eigenvalue weighted by Crippen LogP contribution is 2.16. The molecule has 0 saturated carbocycles. The van der Waals surface area contributed by atoms with Gasteiger partial charge in [0.15, 0.2) is 0 Å². The van der Waals surface area contributed by atoms with Crippen LogP contribution in [0.25, 0.3) is 0 Å². The van der Waals surface area contributed by atoms with Gasteiger partial charge in [-0.15, -0.1) is 0 Å². The fourth-order valence-electron chi connectivity index (χ4n) is 0.582. The molecule has 0 aromatic rings. The van der Waals surface area contributed by atoms with Crippen molar-refractivity contribution in [3.05, 3.63) is 34.9 Å². The van der Waals surface area contributed by atoms with E-state index in [0.29, 0.717) is 16.2 Å². The first-order chi connectivity index (χ1) is 5.13. The molecule has 0 spiro atoms. The predicted octanol–water partition coefficient (Wildman–Crippen LogP) is 3.16. The second kappa shape index (κ2) is 4.76. The molecule has 0 atom stereocenters. The topological polar surface area (TPSA) is 23.8 Å². The number of nitrogens with zero attached hydrogens (tertiary/aromatic N) is 1. The highest BCUT2D eigenvalue weighted by atomic mass is 35.5. The molecule has 0 heterocycles. The van der Waals surface area contributed by atoms with Crippen molar-refractivity contribution < 1.29 is 0 Å². The van der Waals surface area contributed by atoms with Gasteiger partial charge in [-0.05, 0) is 25.5 Å². The van der Waals surface area contributed by atoms with E-state index in [1.807, 2.05) is 13.0 Å². The fourth-order valence-corrected chi connectivity index (χ4v) is 0.912. The van der Waals surface area contributed by atoms with E-state index in [-0.39, 0.29) is 0 Å². The van der Waals surface area contributed by atoms with E-state index in [1.165, 1.54) is 0 Å². The van der Waals surface area contributed by atoms with Gasteiger partial charge in [0.05, 0.1) is 10.6 Å². The van der Waals surface area contributed by atoms with Gasteiger partial charge < -0.3 is 0 Å². The van der Waals surface area contributed by atoms with E-state index in [4.69, 9.17) is 16.9 Å². The molecule has 0 bridgehead atoms.